The van der Waals surface area contributed by atoms with E-state index in [0.717, 1.165) is 24.6 Å². The van der Waals surface area contributed by atoms with Gasteiger partial charge in [0.05, 0.1) is 11.5 Å². The molecule has 1 N–H and O–H groups in total. The molecule has 140 valence electrons. The van der Waals surface area contributed by atoms with Crippen LogP contribution in [-0.4, -0.2) is 22.9 Å². The molecule has 0 bridgehead atoms. The Morgan fingerprint density at radius 3 is 2.67 bits per heavy atom. The summed E-state index contributed by atoms with van der Waals surface area (Å²) in [5.41, 5.74) is 1.09. The van der Waals surface area contributed by atoms with E-state index in [-0.39, 0.29) is 12.0 Å². The van der Waals surface area contributed by atoms with Crippen LogP contribution in [0, 0.1) is 10.1 Å². The number of non-ortho nitro benzene ring substituents is 1. The fraction of sp³-hybridized carbons (Fsp3) is 0.300. The van der Waals surface area contributed by atoms with Gasteiger partial charge in [-0.05, 0) is 48.7 Å². The molecule has 1 aliphatic heterocycles. The average molecular weight is 369 g/mol. The molecule has 1 fully saturated rings. The van der Waals surface area contributed by atoms with E-state index in [2.05, 4.69) is 0 Å². The van der Waals surface area contributed by atoms with E-state index in [1.54, 1.807) is 12.1 Å². The van der Waals surface area contributed by atoms with Crippen molar-refractivity contribution in [2.75, 3.05) is 6.61 Å². The van der Waals surface area contributed by atoms with Gasteiger partial charge < -0.3 is 19.0 Å². The summed E-state index contributed by atoms with van der Waals surface area (Å²) in [6.45, 7) is 0.708. The Hall–Kier alpha value is -2.90. The Morgan fingerprint density at radius 2 is 1.96 bits per heavy atom. The average Bonchev–Trinajstić information content (AvgIpc) is 3.11. The number of fused-ring (bicyclic) bond motifs is 1. The molecular weight excluding hydrogens is 350 g/mol. The molecule has 3 aromatic rings. The van der Waals surface area contributed by atoms with Gasteiger partial charge in [-0.1, -0.05) is 0 Å². The van der Waals surface area contributed by atoms with Gasteiger partial charge in [0.1, 0.15) is 23.2 Å². The van der Waals surface area contributed by atoms with Crippen LogP contribution < -0.4 is 4.74 Å². The topological polar surface area (TPSA) is 95.0 Å². The highest BCUT2D eigenvalue weighted by Crippen LogP contribution is 2.31. The van der Waals surface area contributed by atoms with E-state index in [1.807, 2.05) is 12.1 Å². The summed E-state index contributed by atoms with van der Waals surface area (Å²) in [6, 6.07) is 13.0. The molecule has 1 aliphatic rings. The molecule has 27 heavy (non-hydrogen) atoms. The highest BCUT2D eigenvalue weighted by atomic mass is 16.7. The first kappa shape index (κ1) is 17.5. The maximum Gasteiger partial charge on any atom is 0.269 e. The smallest absolute Gasteiger partial charge is 0.269 e. The van der Waals surface area contributed by atoms with Crippen LogP contribution in [0.1, 0.15) is 36.7 Å². The molecule has 2 atom stereocenters. The van der Waals surface area contributed by atoms with E-state index in [4.69, 9.17) is 13.9 Å². The van der Waals surface area contributed by atoms with Crippen LogP contribution in [0.3, 0.4) is 0 Å². The van der Waals surface area contributed by atoms with Crippen molar-refractivity contribution < 1.29 is 23.9 Å². The number of aliphatic hydroxyl groups excluding tert-OH is 1. The number of rotatable bonds is 5. The normalized spacial score (nSPS) is 18.3. The minimum atomic E-state index is -1.01. The van der Waals surface area contributed by atoms with Crippen LogP contribution in [0.25, 0.3) is 11.0 Å². The van der Waals surface area contributed by atoms with Crippen LogP contribution in [0.4, 0.5) is 5.69 Å². The van der Waals surface area contributed by atoms with E-state index in [9.17, 15) is 15.2 Å². The summed E-state index contributed by atoms with van der Waals surface area (Å²) < 4.78 is 17.2. The third kappa shape index (κ3) is 3.79. The van der Waals surface area contributed by atoms with Crippen molar-refractivity contribution >= 4 is 16.7 Å². The van der Waals surface area contributed by atoms with Crippen molar-refractivity contribution in [3.63, 3.8) is 0 Å². The number of ether oxygens (including phenoxy) is 2. The van der Waals surface area contributed by atoms with Gasteiger partial charge in [0.15, 0.2) is 6.29 Å². The zero-order valence-corrected chi connectivity index (χ0v) is 14.5. The van der Waals surface area contributed by atoms with Gasteiger partial charge in [-0.3, -0.25) is 10.1 Å². The van der Waals surface area contributed by atoms with Crippen LogP contribution >= 0.6 is 0 Å². The summed E-state index contributed by atoms with van der Waals surface area (Å²) >= 11 is 0. The fourth-order valence-corrected chi connectivity index (χ4v) is 3.14. The fourth-order valence-electron chi connectivity index (χ4n) is 3.14. The molecule has 2 heterocycles. The molecule has 0 saturated carbocycles. The first-order valence-electron chi connectivity index (χ1n) is 8.84. The number of hydrogen-bond donors (Lipinski definition) is 1. The number of nitro benzene ring substituents is 1. The lowest BCUT2D eigenvalue weighted by molar-refractivity contribution is -0.384. The quantitative estimate of drug-likeness (QED) is 0.531. The van der Waals surface area contributed by atoms with E-state index in [0.29, 0.717) is 29.3 Å². The highest BCUT2D eigenvalue weighted by Gasteiger charge is 2.19. The summed E-state index contributed by atoms with van der Waals surface area (Å²) in [5, 5.41) is 22.1. The molecule has 0 spiro atoms. The van der Waals surface area contributed by atoms with Crippen molar-refractivity contribution in [1.29, 1.82) is 0 Å². The summed E-state index contributed by atoms with van der Waals surface area (Å²) in [7, 11) is 0. The second kappa shape index (κ2) is 7.38. The predicted molar refractivity (Wildman–Crippen MR) is 97.6 cm³/mol. The van der Waals surface area contributed by atoms with Crippen LogP contribution in [0.15, 0.2) is 52.9 Å². The lowest BCUT2D eigenvalue weighted by Gasteiger charge is -2.23. The number of nitrogens with zero attached hydrogens (tertiary/aromatic N) is 1. The number of benzene rings is 2. The van der Waals surface area contributed by atoms with Gasteiger partial charge >= 0.3 is 0 Å². The minimum absolute atomic E-state index is 0.0257. The molecule has 7 nitrogen and oxygen atoms in total. The van der Waals surface area contributed by atoms with Gasteiger partial charge in [0.25, 0.3) is 5.69 Å². The summed E-state index contributed by atoms with van der Waals surface area (Å²) in [4.78, 5) is 10.3. The second-order valence-electron chi connectivity index (χ2n) is 6.51. The number of aliphatic hydroxyl groups is 1. The van der Waals surface area contributed by atoms with Crippen LogP contribution in [0.2, 0.25) is 0 Å². The molecule has 2 unspecified atom stereocenters. The zero-order chi connectivity index (χ0) is 18.8. The standard InChI is InChI=1S/C20H19NO6/c22-20(13-4-7-15(8-5-13)21(23)24)18-11-14-6-9-16(12-17(14)27-18)26-19-3-1-2-10-25-19/h4-9,11-12,19-20,22H,1-3,10H2. The Morgan fingerprint density at radius 1 is 1.15 bits per heavy atom. The number of hydrogen-bond acceptors (Lipinski definition) is 6. The van der Waals surface area contributed by atoms with Gasteiger partial charge in [-0.15, -0.1) is 0 Å². The van der Waals surface area contributed by atoms with Gasteiger partial charge in [0.2, 0.25) is 0 Å². The van der Waals surface area contributed by atoms with Crippen LogP contribution in [0.5, 0.6) is 5.75 Å². The van der Waals surface area contributed by atoms with Crippen molar-refractivity contribution in [3.8, 4) is 5.75 Å². The largest absolute Gasteiger partial charge is 0.465 e. The zero-order valence-electron chi connectivity index (χ0n) is 14.5. The molecule has 7 heteroatoms. The molecule has 0 amide bonds. The Labute approximate surface area is 155 Å². The van der Waals surface area contributed by atoms with Crippen molar-refractivity contribution in [1.82, 2.24) is 0 Å². The van der Waals surface area contributed by atoms with Crippen molar-refractivity contribution in [2.45, 2.75) is 31.7 Å². The lowest BCUT2D eigenvalue weighted by Crippen LogP contribution is -2.24. The molecule has 0 radical (unpaired) electrons. The Bertz CT molecular complexity index is 943. The summed E-state index contributed by atoms with van der Waals surface area (Å²) in [5.74, 6) is 1.02. The van der Waals surface area contributed by atoms with Gasteiger partial charge in [-0.2, -0.15) is 0 Å². The lowest BCUT2D eigenvalue weighted by atomic mass is 10.1. The monoisotopic (exact) mass is 369 g/mol. The first-order chi connectivity index (χ1) is 13.1. The molecule has 0 aliphatic carbocycles. The highest BCUT2D eigenvalue weighted by molar-refractivity contribution is 5.79. The second-order valence-corrected chi connectivity index (χ2v) is 6.51. The molecular formula is C20H19NO6. The molecule has 1 saturated heterocycles. The van der Waals surface area contributed by atoms with Crippen molar-refractivity contribution in [2.24, 2.45) is 0 Å². The van der Waals surface area contributed by atoms with E-state index in [1.165, 1.54) is 24.3 Å². The molecule has 2 aromatic carbocycles. The summed E-state index contributed by atoms with van der Waals surface area (Å²) in [6.07, 6.45) is 1.75. The Balaban J connectivity index is 1.54. The van der Waals surface area contributed by atoms with E-state index < -0.39 is 11.0 Å². The number of nitro groups is 1. The Kier molecular flexibility index (Phi) is 4.79. The van der Waals surface area contributed by atoms with Gasteiger partial charge in [-0.25, -0.2) is 0 Å². The minimum Gasteiger partial charge on any atom is -0.465 e. The molecule has 4 rings (SSSR count). The predicted octanol–water partition coefficient (Wildman–Crippen LogP) is 4.33. The first-order valence-corrected chi connectivity index (χ1v) is 8.84. The third-order valence-corrected chi connectivity index (χ3v) is 4.61. The maximum absolute atomic E-state index is 10.7. The van der Waals surface area contributed by atoms with Gasteiger partial charge in [0, 0.05) is 30.0 Å². The maximum atomic E-state index is 10.7. The van der Waals surface area contributed by atoms with E-state index >= 15 is 0 Å². The van der Waals surface area contributed by atoms with Crippen molar-refractivity contribution in [3.05, 3.63) is 70.0 Å². The van der Waals surface area contributed by atoms with Crippen LogP contribution in [-0.2, 0) is 4.74 Å². The molecule has 1 aromatic heterocycles. The third-order valence-electron chi connectivity index (χ3n) is 4.61. The SMILES string of the molecule is O=[N+]([O-])c1ccc(C(O)c2cc3ccc(OC4CCCCO4)cc3o2)cc1. The number of furan rings is 1.